The zero-order chi connectivity index (χ0) is 34.8. The number of carbonyl (C=O) groups is 2. The Balaban J connectivity index is 1.14. The summed E-state index contributed by atoms with van der Waals surface area (Å²) in [6.45, 7) is 1.41. The molecule has 2 amide bonds. The number of amidine groups is 1. The van der Waals surface area contributed by atoms with Crippen LogP contribution in [0.1, 0.15) is 35.4 Å². The molecule has 2 aliphatic rings. The van der Waals surface area contributed by atoms with Crippen molar-refractivity contribution in [1.82, 2.24) is 5.01 Å². The van der Waals surface area contributed by atoms with Gasteiger partial charge < -0.3 is 8.92 Å². The van der Waals surface area contributed by atoms with Crippen molar-refractivity contribution in [3.05, 3.63) is 166 Å². The number of ether oxygens (including phenoxy) is 1. The monoisotopic (exact) mass is 702 g/mol. The van der Waals surface area contributed by atoms with Crippen LogP contribution in [0.15, 0.2) is 154 Å². The Morgan fingerprint density at radius 3 is 2.10 bits per heavy atom. The highest BCUT2D eigenvalue weighted by atomic mass is 35.5. The highest BCUT2D eigenvalue weighted by Gasteiger charge is 2.35. The molecule has 2 aliphatic heterocycles. The minimum absolute atomic E-state index is 0.0440. The van der Waals surface area contributed by atoms with E-state index in [2.05, 4.69) is 5.10 Å². The number of hydrogen-bond donors (Lipinski definition) is 0. The van der Waals surface area contributed by atoms with Crippen LogP contribution in [0.2, 0.25) is 5.02 Å². The number of aliphatic imine (C=N–C) groups is 1. The van der Waals surface area contributed by atoms with E-state index in [4.69, 9.17) is 25.5 Å². The van der Waals surface area contributed by atoms with Crippen molar-refractivity contribution in [2.24, 2.45) is 10.1 Å². The molecule has 0 aromatic heterocycles. The van der Waals surface area contributed by atoms with Crippen LogP contribution in [0.4, 0.5) is 5.69 Å². The first-order valence-corrected chi connectivity index (χ1v) is 17.2. The lowest BCUT2D eigenvalue weighted by molar-refractivity contribution is -0.135. The Morgan fingerprint density at radius 1 is 0.820 bits per heavy atom. The lowest BCUT2D eigenvalue weighted by Crippen LogP contribution is -2.32. The van der Waals surface area contributed by atoms with Crippen LogP contribution < -0.4 is 9.08 Å². The highest BCUT2D eigenvalue weighted by molar-refractivity contribution is 7.87. The molecule has 10 nitrogen and oxygen atoms in total. The van der Waals surface area contributed by atoms with Crippen LogP contribution in [-0.4, -0.2) is 37.0 Å². The molecule has 0 spiro atoms. The van der Waals surface area contributed by atoms with Crippen molar-refractivity contribution in [2.45, 2.75) is 18.0 Å². The first-order valence-electron chi connectivity index (χ1n) is 15.4. The van der Waals surface area contributed by atoms with Crippen LogP contribution >= 0.6 is 11.6 Å². The minimum Gasteiger partial charge on any atom is -0.446 e. The van der Waals surface area contributed by atoms with Crippen LogP contribution in [0.3, 0.4) is 0 Å². The van der Waals surface area contributed by atoms with E-state index in [0.717, 1.165) is 5.56 Å². The standard InChI is InChI=1S/C38H27ClN4O6S/c1-25(44)43-38(29-14-18-30(39)19-15-29)48-36(41-43)28-16-20-31(21-17-28)42-35(27-8-4-2-5-9-27)40-34(37(42)45)24-26-12-22-32(23-13-26)49-50(46,47)33-10-6-3-7-11-33/h2-24,38H,1H3/b34-24-. The van der Waals surface area contributed by atoms with Gasteiger partial charge in [0.1, 0.15) is 22.2 Å². The summed E-state index contributed by atoms with van der Waals surface area (Å²) >= 11 is 6.05. The largest absolute Gasteiger partial charge is 0.446 e. The molecule has 0 radical (unpaired) electrons. The van der Waals surface area contributed by atoms with Crippen molar-refractivity contribution in [2.75, 3.05) is 4.90 Å². The molecule has 0 N–H and O–H groups in total. The molecular weight excluding hydrogens is 676 g/mol. The fourth-order valence-corrected chi connectivity index (χ4v) is 6.43. The van der Waals surface area contributed by atoms with E-state index in [0.29, 0.717) is 33.2 Å². The van der Waals surface area contributed by atoms with Gasteiger partial charge in [-0.05, 0) is 72.3 Å². The maximum Gasteiger partial charge on any atom is 0.339 e. The van der Waals surface area contributed by atoms with Gasteiger partial charge in [0.05, 0.1) is 5.69 Å². The molecule has 0 bridgehead atoms. The second kappa shape index (κ2) is 13.5. The second-order valence-electron chi connectivity index (χ2n) is 11.2. The van der Waals surface area contributed by atoms with E-state index >= 15 is 0 Å². The summed E-state index contributed by atoms with van der Waals surface area (Å²) in [6, 6.07) is 37.6. The van der Waals surface area contributed by atoms with E-state index in [9.17, 15) is 18.0 Å². The lowest BCUT2D eigenvalue weighted by atomic mass is 10.1. The van der Waals surface area contributed by atoms with Gasteiger partial charge in [-0.2, -0.15) is 13.4 Å². The first kappa shape index (κ1) is 32.5. The fourth-order valence-electron chi connectivity index (χ4n) is 5.36. The van der Waals surface area contributed by atoms with E-state index in [-0.39, 0.29) is 34.1 Å². The van der Waals surface area contributed by atoms with E-state index < -0.39 is 16.3 Å². The van der Waals surface area contributed by atoms with Crippen LogP contribution in [-0.2, 0) is 24.4 Å². The highest BCUT2D eigenvalue weighted by Crippen LogP contribution is 2.33. The predicted molar refractivity (Wildman–Crippen MR) is 190 cm³/mol. The Hall–Kier alpha value is -6.04. The minimum atomic E-state index is -4.00. The van der Waals surface area contributed by atoms with Crippen molar-refractivity contribution in [1.29, 1.82) is 0 Å². The van der Waals surface area contributed by atoms with E-state index in [1.54, 1.807) is 84.9 Å². The quantitative estimate of drug-likeness (QED) is 0.125. The lowest BCUT2D eigenvalue weighted by Gasteiger charge is -2.20. The third-order valence-electron chi connectivity index (χ3n) is 7.81. The van der Waals surface area contributed by atoms with Crippen molar-refractivity contribution in [3.63, 3.8) is 0 Å². The normalized spacial score (nSPS) is 16.6. The maximum absolute atomic E-state index is 13.9. The summed E-state index contributed by atoms with van der Waals surface area (Å²) < 4.78 is 36.7. The second-order valence-corrected chi connectivity index (χ2v) is 13.2. The summed E-state index contributed by atoms with van der Waals surface area (Å²) in [5.74, 6) is 0.167. The average Bonchev–Trinajstić information content (AvgIpc) is 3.72. The molecule has 248 valence electrons. The summed E-state index contributed by atoms with van der Waals surface area (Å²) in [5, 5.41) is 6.27. The molecule has 2 heterocycles. The van der Waals surface area contributed by atoms with Gasteiger partial charge in [0.2, 0.25) is 18.0 Å². The first-order chi connectivity index (χ1) is 24.2. The number of halogens is 1. The van der Waals surface area contributed by atoms with Gasteiger partial charge in [0, 0.05) is 28.6 Å². The third kappa shape index (κ3) is 6.64. The van der Waals surface area contributed by atoms with Gasteiger partial charge in [0.15, 0.2) is 0 Å². The molecule has 0 fully saturated rings. The SMILES string of the molecule is CC(=O)N1N=C(c2ccc(N3C(=O)/C(=C/c4ccc(OS(=O)(=O)c5ccccc5)cc4)N=C3c3ccccc3)cc2)OC1c1ccc(Cl)cc1. The molecule has 50 heavy (non-hydrogen) atoms. The topological polar surface area (TPSA) is 118 Å². The molecule has 0 aliphatic carbocycles. The van der Waals surface area contributed by atoms with Crippen LogP contribution in [0.5, 0.6) is 5.75 Å². The van der Waals surface area contributed by atoms with Crippen molar-refractivity contribution < 1.29 is 26.9 Å². The molecule has 5 aromatic rings. The summed E-state index contributed by atoms with van der Waals surface area (Å²) in [7, 11) is -4.00. The van der Waals surface area contributed by atoms with Gasteiger partial charge in [-0.15, -0.1) is 5.10 Å². The van der Waals surface area contributed by atoms with Gasteiger partial charge >= 0.3 is 10.1 Å². The fraction of sp³-hybridized carbons (Fsp3) is 0.0526. The zero-order valence-electron chi connectivity index (χ0n) is 26.4. The van der Waals surface area contributed by atoms with Gasteiger partial charge in [-0.25, -0.2) is 4.99 Å². The Bertz CT molecular complexity index is 2280. The van der Waals surface area contributed by atoms with Crippen LogP contribution in [0.25, 0.3) is 6.08 Å². The summed E-state index contributed by atoms with van der Waals surface area (Å²) in [5.41, 5.74) is 3.40. The molecule has 1 unspecified atom stereocenters. The summed E-state index contributed by atoms with van der Waals surface area (Å²) in [6.07, 6.45) is 0.877. The Morgan fingerprint density at radius 2 is 1.46 bits per heavy atom. The number of hydrogen-bond acceptors (Lipinski definition) is 8. The van der Waals surface area contributed by atoms with E-state index in [1.165, 1.54) is 41.1 Å². The van der Waals surface area contributed by atoms with E-state index in [1.807, 2.05) is 30.3 Å². The maximum atomic E-state index is 13.9. The number of rotatable bonds is 8. The molecule has 0 saturated heterocycles. The zero-order valence-corrected chi connectivity index (χ0v) is 28.0. The smallest absolute Gasteiger partial charge is 0.339 e. The Kier molecular flexibility index (Phi) is 8.75. The Labute approximate surface area is 293 Å². The average molecular weight is 703 g/mol. The number of benzene rings is 5. The number of amides is 2. The van der Waals surface area contributed by atoms with Crippen molar-refractivity contribution in [3.8, 4) is 5.75 Å². The van der Waals surface area contributed by atoms with Gasteiger partial charge in [-0.3, -0.25) is 14.5 Å². The molecule has 0 saturated carbocycles. The molecule has 1 atom stereocenters. The number of anilines is 1. The van der Waals surface area contributed by atoms with Crippen molar-refractivity contribution >= 4 is 57.0 Å². The number of hydrazone groups is 1. The van der Waals surface area contributed by atoms with Gasteiger partial charge in [0.25, 0.3) is 5.91 Å². The predicted octanol–water partition coefficient (Wildman–Crippen LogP) is 7.18. The number of nitrogens with zero attached hydrogens (tertiary/aromatic N) is 4. The molecule has 7 rings (SSSR count). The molecule has 5 aromatic carbocycles. The number of carbonyl (C=O) groups excluding carboxylic acids is 2. The van der Waals surface area contributed by atoms with Gasteiger partial charge in [-0.1, -0.05) is 84.4 Å². The third-order valence-corrected chi connectivity index (χ3v) is 9.32. The molecule has 12 heteroatoms. The van der Waals surface area contributed by atoms with Crippen LogP contribution in [0, 0.1) is 0 Å². The summed E-state index contributed by atoms with van der Waals surface area (Å²) in [4.78, 5) is 32.6. The molecular formula is C38H27ClN4O6S.